The summed E-state index contributed by atoms with van der Waals surface area (Å²) in [6.45, 7) is 3.54. The topological polar surface area (TPSA) is 27.7 Å². The van der Waals surface area contributed by atoms with Crippen LogP contribution in [0.2, 0.25) is 0 Å². The minimum Gasteiger partial charge on any atom is -0.382 e. The van der Waals surface area contributed by atoms with Crippen molar-refractivity contribution in [3.05, 3.63) is 35.9 Å². The summed E-state index contributed by atoms with van der Waals surface area (Å²) in [5.41, 5.74) is 1.36. The molecule has 3 unspecified atom stereocenters. The van der Waals surface area contributed by atoms with Gasteiger partial charge in [-0.05, 0) is 30.7 Å². The van der Waals surface area contributed by atoms with Gasteiger partial charge in [-0.1, -0.05) is 37.3 Å². The first-order valence-electron chi connectivity index (χ1n) is 7.55. The van der Waals surface area contributed by atoms with E-state index in [9.17, 15) is 0 Å². The molecule has 110 valence electrons. The van der Waals surface area contributed by atoms with Crippen molar-refractivity contribution in [3.63, 3.8) is 0 Å². The average molecular weight is 276 g/mol. The molecule has 1 spiro atoms. The zero-order valence-corrected chi connectivity index (χ0v) is 12.4. The quantitative estimate of drug-likeness (QED) is 0.826. The van der Waals surface area contributed by atoms with Crippen molar-refractivity contribution in [2.45, 2.75) is 50.6 Å². The molecule has 2 aliphatic rings. The highest BCUT2D eigenvalue weighted by molar-refractivity contribution is 5.13. The van der Waals surface area contributed by atoms with Crippen LogP contribution in [0.1, 0.15) is 31.7 Å². The van der Waals surface area contributed by atoms with Crippen LogP contribution in [0.3, 0.4) is 0 Å². The molecule has 0 bridgehead atoms. The van der Waals surface area contributed by atoms with Gasteiger partial charge in [0.1, 0.15) is 6.10 Å². The number of ether oxygens (including phenoxy) is 3. The third-order valence-electron chi connectivity index (χ3n) is 4.45. The average Bonchev–Trinajstić information content (AvgIpc) is 3.18. The first-order chi connectivity index (χ1) is 9.72. The zero-order chi connectivity index (χ0) is 14.0. The van der Waals surface area contributed by atoms with E-state index in [-0.39, 0.29) is 17.8 Å². The van der Waals surface area contributed by atoms with Crippen LogP contribution in [0.25, 0.3) is 0 Å². The van der Waals surface area contributed by atoms with Crippen LogP contribution < -0.4 is 0 Å². The summed E-state index contributed by atoms with van der Waals surface area (Å²) in [5.74, 6) is 0.523. The molecular formula is C17H24O3. The SMILES string of the molecule is COCC1OC2(CC2)CC(C)C1OCc1ccccc1. The molecule has 2 fully saturated rings. The maximum atomic E-state index is 6.25. The molecule has 0 aromatic heterocycles. The van der Waals surface area contributed by atoms with E-state index in [4.69, 9.17) is 14.2 Å². The van der Waals surface area contributed by atoms with Crippen LogP contribution in [0, 0.1) is 5.92 Å². The van der Waals surface area contributed by atoms with Gasteiger partial charge in [-0.25, -0.2) is 0 Å². The Balaban J connectivity index is 1.63. The van der Waals surface area contributed by atoms with Crippen molar-refractivity contribution < 1.29 is 14.2 Å². The Labute approximate surface area is 121 Å². The fourth-order valence-corrected chi connectivity index (χ4v) is 3.30. The second-order valence-corrected chi connectivity index (χ2v) is 6.24. The summed E-state index contributed by atoms with van der Waals surface area (Å²) >= 11 is 0. The van der Waals surface area contributed by atoms with Crippen molar-refractivity contribution in [2.75, 3.05) is 13.7 Å². The minimum absolute atomic E-state index is 0.0648. The molecule has 3 heteroatoms. The van der Waals surface area contributed by atoms with Gasteiger partial charge in [0.2, 0.25) is 0 Å². The summed E-state index contributed by atoms with van der Waals surface area (Å²) in [7, 11) is 1.73. The van der Waals surface area contributed by atoms with Crippen LogP contribution in [0.5, 0.6) is 0 Å². The van der Waals surface area contributed by atoms with Gasteiger partial charge in [-0.3, -0.25) is 0 Å². The molecule has 1 heterocycles. The van der Waals surface area contributed by atoms with Gasteiger partial charge in [0.15, 0.2) is 0 Å². The molecule has 0 amide bonds. The highest BCUT2D eigenvalue weighted by Gasteiger charge is 2.53. The van der Waals surface area contributed by atoms with Crippen molar-refractivity contribution in [1.82, 2.24) is 0 Å². The molecular weight excluding hydrogens is 252 g/mol. The van der Waals surface area contributed by atoms with E-state index < -0.39 is 0 Å². The van der Waals surface area contributed by atoms with Crippen LogP contribution in [-0.2, 0) is 20.8 Å². The number of rotatable bonds is 5. The van der Waals surface area contributed by atoms with Gasteiger partial charge in [0, 0.05) is 7.11 Å². The number of methoxy groups -OCH3 is 1. The Morgan fingerprint density at radius 3 is 2.65 bits per heavy atom. The van der Waals surface area contributed by atoms with Crippen molar-refractivity contribution in [1.29, 1.82) is 0 Å². The summed E-state index contributed by atoms with van der Waals surface area (Å²) in [4.78, 5) is 0. The molecule has 0 radical (unpaired) electrons. The van der Waals surface area contributed by atoms with Crippen molar-refractivity contribution in [3.8, 4) is 0 Å². The van der Waals surface area contributed by atoms with E-state index in [1.807, 2.05) is 18.2 Å². The summed E-state index contributed by atoms with van der Waals surface area (Å²) in [5, 5.41) is 0. The van der Waals surface area contributed by atoms with Gasteiger partial charge >= 0.3 is 0 Å². The molecule has 1 aromatic carbocycles. The third kappa shape index (κ3) is 3.05. The molecule has 0 N–H and O–H groups in total. The van der Waals surface area contributed by atoms with E-state index in [1.54, 1.807) is 7.11 Å². The van der Waals surface area contributed by atoms with E-state index in [2.05, 4.69) is 19.1 Å². The summed E-state index contributed by atoms with van der Waals surface area (Å²) in [6.07, 6.45) is 3.70. The van der Waals surface area contributed by atoms with Gasteiger partial charge < -0.3 is 14.2 Å². The monoisotopic (exact) mass is 276 g/mol. The Morgan fingerprint density at radius 1 is 1.25 bits per heavy atom. The zero-order valence-electron chi connectivity index (χ0n) is 12.4. The van der Waals surface area contributed by atoms with Crippen LogP contribution in [0.15, 0.2) is 30.3 Å². The fraction of sp³-hybridized carbons (Fsp3) is 0.647. The lowest BCUT2D eigenvalue weighted by atomic mass is 9.89. The highest BCUT2D eigenvalue weighted by Crippen LogP contribution is 2.50. The molecule has 20 heavy (non-hydrogen) atoms. The smallest absolute Gasteiger partial charge is 0.108 e. The van der Waals surface area contributed by atoms with Crippen LogP contribution >= 0.6 is 0 Å². The lowest BCUT2D eigenvalue weighted by molar-refractivity contribution is -0.191. The molecule has 1 aliphatic carbocycles. The Bertz CT molecular complexity index is 427. The van der Waals surface area contributed by atoms with Gasteiger partial charge in [-0.15, -0.1) is 0 Å². The second kappa shape index (κ2) is 5.84. The van der Waals surface area contributed by atoms with E-state index in [0.29, 0.717) is 19.1 Å². The number of benzene rings is 1. The number of hydrogen-bond donors (Lipinski definition) is 0. The first-order valence-corrected chi connectivity index (χ1v) is 7.55. The third-order valence-corrected chi connectivity index (χ3v) is 4.45. The lowest BCUT2D eigenvalue weighted by Crippen LogP contribution is -2.48. The standard InChI is InChI=1S/C17H24O3/c1-13-10-17(8-9-17)20-15(12-18-2)16(13)19-11-14-6-4-3-5-7-14/h3-7,13,15-16H,8-12H2,1-2H3. The van der Waals surface area contributed by atoms with E-state index in [1.165, 1.54) is 18.4 Å². The number of hydrogen-bond acceptors (Lipinski definition) is 3. The first kappa shape index (κ1) is 14.1. The molecule has 3 nitrogen and oxygen atoms in total. The Morgan fingerprint density at radius 2 is 2.00 bits per heavy atom. The Hall–Kier alpha value is -0.900. The highest BCUT2D eigenvalue weighted by atomic mass is 16.6. The Kier molecular flexibility index (Phi) is 4.11. The normalized spacial score (nSPS) is 31.4. The summed E-state index contributed by atoms with van der Waals surface area (Å²) in [6, 6.07) is 10.3. The molecule has 1 saturated carbocycles. The van der Waals surface area contributed by atoms with Crippen LogP contribution in [-0.4, -0.2) is 31.5 Å². The lowest BCUT2D eigenvalue weighted by Gasteiger charge is -2.40. The van der Waals surface area contributed by atoms with Gasteiger partial charge in [0.25, 0.3) is 0 Å². The predicted molar refractivity (Wildman–Crippen MR) is 77.5 cm³/mol. The van der Waals surface area contributed by atoms with Gasteiger partial charge in [0.05, 0.1) is 24.9 Å². The van der Waals surface area contributed by atoms with Gasteiger partial charge in [-0.2, -0.15) is 0 Å². The molecule has 1 aliphatic heterocycles. The maximum absolute atomic E-state index is 6.25. The van der Waals surface area contributed by atoms with Crippen molar-refractivity contribution >= 4 is 0 Å². The molecule has 3 atom stereocenters. The minimum atomic E-state index is 0.0648. The van der Waals surface area contributed by atoms with Crippen molar-refractivity contribution in [2.24, 2.45) is 5.92 Å². The predicted octanol–water partition coefficient (Wildman–Crippen LogP) is 3.18. The maximum Gasteiger partial charge on any atom is 0.108 e. The molecule has 1 saturated heterocycles. The second-order valence-electron chi connectivity index (χ2n) is 6.24. The molecule has 3 rings (SSSR count). The van der Waals surface area contributed by atoms with E-state index >= 15 is 0 Å². The largest absolute Gasteiger partial charge is 0.382 e. The fourth-order valence-electron chi connectivity index (χ4n) is 3.30. The molecule has 1 aromatic rings. The van der Waals surface area contributed by atoms with E-state index in [0.717, 1.165) is 6.42 Å². The van der Waals surface area contributed by atoms with Crippen LogP contribution in [0.4, 0.5) is 0 Å². The summed E-state index contributed by atoms with van der Waals surface area (Å²) < 4.78 is 17.7.